The lowest BCUT2D eigenvalue weighted by Crippen LogP contribution is -2.45. The minimum absolute atomic E-state index is 0.00783. The van der Waals surface area contributed by atoms with Crippen molar-refractivity contribution in [2.24, 2.45) is 0 Å². The van der Waals surface area contributed by atoms with Gasteiger partial charge in [0.2, 0.25) is 5.91 Å². The molecule has 2 heterocycles. The molecule has 2 aliphatic heterocycles. The van der Waals surface area contributed by atoms with E-state index in [9.17, 15) is 4.79 Å². The molecular weight excluding hydrogens is 320 g/mol. The number of carbonyl (C=O) groups is 1. The summed E-state index contributed by atoms with van der Waals surface area (Å²) in [5, 5.41) is 2.96. The van der Waals surface area contributed by atoms with Crippen LogP contribution in [0.5, 0.6) is 5.75 Å². The topological polar surface area (TPSA) is 60.0 Å². The fourth-order valence-corrected chi connectivity index (χ4v) is 3.30. The second-order valence-corrected chi connectivity index (χ2v) is 6.91. The van der Waals surface area contributed by atoms with Crippen molar-refractivity contribution in [1.29, 1.82) is 0 Å². The molecule has 1 N–H and O–H groups in total. The number of hydrogen-bond donors (Lipinski definition) is 1. The number of rotatable bonds is 6. The zero-order valence-electron chi connectivity index (χ0n) is 15.1. The Labute approximate surface area is 149 Å². The van der Waals surface area contributed by atoms with Gasteiger partial charge in [-0.2, -0.15) is 0 Å². The Hall–Kier alpha value is -1.63. The van der Waals surface area contributed by atoms with Crippen molar-refractivity contribution in [2.75, 3.05) is 38.2 Å². The molecule has 0 saturated carbocycles. The minimum atomic E-state index is -0.355. The Balaban J connectivity index is 1.44. The van der Waals surface area contributed by atoms with Gasteiger partial charge in [-0.1, -0.05) is 12.1 Å². The number of nitrogens with one attached hydrogen (secondary N) is 1. The highest BCUT2D eigenvalue weighted by Gasteiger charge is 2.39. The summed E-state index contributed by atoms with van der Waals surface area (Å²) >= 11 is 0. The Morgan fingerprint density at radius 3 is 2.60 bits per heavy atom. The molecule has 2 fully saturated rings. The Bertz CT molecular complexity index is 575. The zero-order valence-corrected chi connectivity index (χ0v) is 15.1. The maximum absolute atomic E-state index is 12.3. The zero-order chi connectivity index (χ0) is 17.7. The van der Waals surface area contributed by atoms with E-state index in [1.54, 1.807) is 0 Å². The van der Waals surface area contributed by atoms with Crippen molar-refractivity contribution >= 4 is 11.6 Å². The van der Waals surface area contributed by atoms with E-state index in [1.807, 2.05) is 38.1 Å². The summed E-state index contributed by atoms with van der Waals surface area (Å²) in [5.74, 6) is 0.362. The molecule has 6 nitrogen and oxygen atoms in total. The third-order valence-corrected chi connectivity index (χ3v) is 4.61. The highest BCUT2D eigenvalue weighted by atomic mass is 16.7. The number of hydrogen-bond acceptors (Lipinski definition) is 5. The fourth-order valence-electron chi connectivity index (χ4n) is 3.30. The number of nitrogens with zero attached hydrogens (tertiary/aromatic N) is 1. The van der Waals surface area contributed by atoms with E-state index in [1.165, 1.54) is 0 Å². The second-order valence-electron chi connectivity index (χ2n) is 6.91. The van der Waals surface area contributed by atoms with Crippen LogP contribution in [-0.4, -0.2) is 55.5 Å². The van der Waals surface area contributed by atoms with Gasteiger partial charge in [0.25, 0.3) is 0 Å². The summed E-state index contributed by atoms with van der Waals surface area (Å²) in [6.45, 7) is 7.88. The van der Waals surface area contributed by atoms with Gasteiger partial charge in [-0.3, -0.25) is 4.79 Å². The molecule has 0 aromatic heterocycles. The van der Waals surface area contributed by atoms with E-state index < -0.39 is 0 Å². The largest absolute Gasteiger partial charge is 0.489 e. The first-order valence-electron chi connectivity index (χ1n) is 9.12. The predicted molar refractivity (Wildman–Crippen MR) is 95.8 cm³/mol. The van der Waals surface area contributed by atoms with Crippen molar-refractivity contribution in [2.45, 2.75) is 45.0 Å². The molecule has 1 amide bonds. The molecule has 138 valence electrons. The van der Waals surface area contributed by atoms with Crippen molar-refractivity contribution in [1.82, 2.24) is 4.90 Å². The summed E-state index contributed by atoms with van der Waals surface area (Å²) in [6.07, 6.45) is 2.28. The van der Waals surface area contributed by atoms with Crippen LogP contribution in [0.3, 0.4) is 0 Å². The average molecular weight is 348 g/mol. The summed E-state index contributed by atoms with van der Waals surface area (Å²) in [7, 11) is 0. The van der Waals surface area contributed by atoms with Crippen LogP contribution in [0.4, 0.5) is 5.69 Å². The minimum Gasteiger partial charge on any atom is -0.489 e. The molecule has 1 aromatic carbocycles. The van der Waals surface area contributed by atoms with E-state index in [0.29, 0.717) is 25.4 Å². The summed E-state index contributed by atoms with van der Waals surface area (Å²) in [6, 6.07) is 7.55. The fraction of sp³-hybridized carbons (Fsp3) is 0.632. The lowest BCUT2D eigenvalue weighted by molar-refractivity contribution is -0.185. The smallest absolute Gasteiger partial charge is 0.225 e. The van der Waals surface area contributed by atoms with Crippen LogP contribution in [-0.2, 0) is 14.3 Å². The van der Waals surface area contributed by atoms with Crippen LogP contribution in [0.2, 0.25) is 0 Å². The quantitative estimate of drug-likeness (QED) is 0.856. The van der Waals surface area contributed by atoms with Gasteiger partial charge >= 0.3 is 0 Å². The van der Waals surface area contributed by atoms with Gasteiger partial charge in [0, 0.05) is 38.9 Å². The molecular formula is C19H28N2O4. The number of likely N-dealkylation sites (tertiary alicyclic amines) is 1. The lowest BCUT2D eigenvalue weighted by atomic mass is 10.0. The molecule has 0 atom stereocenters. The van der Waals surface area contributed by atoms with Crippen molar-refractivity contribution in [3.63, 3.8) is 0 Å². The number of ether oxygens (including phenoxy) is 3. The molecule has 6 heteroatoms. The Morgan fingerprint density at radius 2 is 1.92 bits per heavy atom. The summed E-state index contributed by atoms with van der Waals surface area (Å²) < 4.78 is 17.2. The maximum Gasteiger partial charge on any atom is 0.225 e. The maximum atomic E-state index is 12.3. The van der Waals surface area contributed by atoms with Gasteiger partial charge in [-0.05, 0) is 26.0 Å². The number of benzene rings is 1. The van der Waals surface area contributed by atoms with Gasteiger partial charge in [-0.15, -0.1) is 0 Å². The second kappa shape index (κ2) is 8.17. The molecule has 3 rings (SSSR count). The number of piperidine rings is 1. The number of para-hydroxylation sites is 2. The summed E-state index contributed by atoms with van der Waals surface area (Å²) in [5.41, 5.74) is 0.728. The van der Waals surface area contributed by atoms with Crippen molar-refractivity contribution in [3.8, 4) is 5.75 Å². The standard InChI is InChI=1S/C19H28N2O4/c1-15(2)25-17-6-4-3-5-16(17)20-18(22)7-10-21-11-8-19(9-12-21)23-13-14-24-19/h3-6,15H,7-14H2,1-2H3,(H,20,22). The van der Waals surface area contributed by atoms with Crippen LogP contribution in [0.25, 0.3) is 0 Å². The first-order chi connectivity index (χ1) is 12.1. The third kappa shape index (κ3) is 4.93. The molecule has 0 bridgehead atoms. The van der Waals surface area contributed by atoms with Crippen LogP contribution in [0.15, 0.2) is 24.3 Å². The van der Waals surface area contributed by atoms with Crippen molar-refractivity contribution in [3.05, 3.63) is 24.3 Å². The monoisotopic (exact) mass is 348 g/mol. The van der Waals surface area contributed by atoms with Gasteiger partial charge in [0.05, 0.1) is 25.0 Å². The third-order valence-electron chi connectivity index (χ3n) is 4.61. The molecule has 0 aliphatic carbocycles. The highest BCUT2D eigenvalue weighted by Crippen LogP contribution is 2.31. The SMILES string of the molecule is CC(C)Oc1ccccc1NC(=O)CCN1CCC2(CC1)OCCO2. The van der Waals surface area contributed by atoms with Gasteiger partial charge in [-0.25, -0.2) is 0 Å². The Morgan fingerprint density at radius 1 is 1.24 bits per heavy atom. The number of amides is 1. The van der Waals surface area contributed by atoms with E-state index in [4.69, 9.17) is 14.2 Å². The first-order valence-corrected chi connectivity index (χ1v) is 9.12. The molecule has 0 radical (unpaired) electrons. The molecule has 0 unspecified atom stereocenters. The van der Waals surface area contributed by atoms with Gasteiger partial charge < -0.3 is 24.4 Å². The van der Waals surface area contributed by atoms with Gasteiger partial charge in [0.1, 0.15) is 5.75 Å². The van der Waals surface area contributed by atoms with Crippen molar-refractivity contribution < 1.29 is 19.0 Å². The normalized spacial score (nSPS) is 20.1. The van der Waals surface area contributed by atoms with Crippen LogP contribution < -0.4 is 10.1 Å². The first kappa shape index (κ1) is 18.2. The predicted octanol–water partition coefficient (Wildman–Crippen LogP) is 2.64. The lowest BCUT2D eigenvalue weighted by Gasteiger charge is -2.37. The molecule has 1 spiro atoms. The van der Waals surface area contributed by atoms with E-state index in [2.05, 4.69) is 10.2 Å². The van der Waals surface area contributed by atoms with E-state index in [-0.39, 0.29) is 17.8 Å². The van der Waals surface area contributed by atoms with E-state index >= 15 is 0 Å². The van der Waals surface area contributed by atoms with E-state index in [0.717, 1.165) is 38.2 Å². The molecule has 2 aliphatic rings. The highest BCUT2D eigenvalue weighted by molar-refractivity contribution is 5.92. The number of anilines is 1. The van der Waals surface area contributed by atoms with Crippen LogP contribution >= 0.6 is 0 Å². The molecule has 2 saturated heterocycles. The van der Waals surface area contributed by atoms with Crippen LogP contribution in [0.1, 0.15) is 33.1 Å². The average Bonchev–Trinajstić information content (AvgIpc) is 3.04. The summed E-state index contributed by atoms with van der Waals surface area (Å²) in [4.78, 5) is 14.6. The number of carbonyl (C=O) groups excluding carboxylic acids is 1. The molecule has 25 heavy (non-hydrogen) atoms. The molecule has 1 aromatic rings. The van der Waals surface area contributed by atoms with Crippen LogP contribution in [0, 0.1) is 0 Å². The van der Waals surface area contributed by atoms with Gasteiger partial charge in [0.15, 0.2) is 5.79 Å². The Kier molecular flexibility index (Phi) is 5.93.